The molecular formula is C13H20N4O2S. The molecule has 20 heavy (non-hydrogen) atoms. The fraction of sp³-hybridized carbons (Fsp3) is 0.692. The van der Waals surface area contributed by atoms with Crippen LogP contribution in [0.5, 0.6) is 0 Å². The molecule has 1 unspecified atom stereocenters. The van der Waals surface area contributed by atoms with Crippen LogP contribution in [0.15, 0.2) is 0 Å². The van der Waals surface area contributed by atoms with Crippen LogP contribution in [0.3, 0.4) is 0 Å². The molecule has 1 aliphatic heterocycles. The molecule has 7 heteroatoms. The molecule has 1 aromatic rings. The lowest BCUT2D eigenvalue weighted by atomic mass is 10.1. The fourth-order valence-electron chi connectivity index (χ4n) is 2.64. The van der Waals surface area contributed by atoms with Crippen molar-refractivity contribution in [3.63, 3.8) is 0 Å². The van der Waals surface area contributed by atoms with Crippen molar-refractivity contribution in [2.45, 2.75) is 31.7 Å². The number of hydrogen-bond acceptors (Lipinski definition) is 6. The van der Waals surface area contributed by atoms with Gasteiger partial charge in [0.05, 0.1) is 0 Å². The fourth-order valence-corrected chi connectivity index (χ4v) is 3.49. The number of nitrogens with two attached hydrogens (primary N) is 1. The van der Waals surface area contributed by atoms with Crippen molar-refractivity contribution in [3.8, 4) is 0 Å². The van der Waals surface area contributed by atoms with Crippen LogP contribution in [-0.4, -0.2) is 41.1 Å². The maximum atomic E-state index is 12.3. The normalized spacial score (nSPS) is 22.2. The summed E-state index contributed by atoms with van der Waals surface area (Å²) in [6.45, 7) is 1.99. The molecule has 1 atom stereocenters. The third-order valence-electron chi connectivity index (χ3n) is 3.95. The zero-order valence-corrected chi connectivity index (χ0v) is 12.2. The van der Waals surface area contributed by atoms with E-state index in [1.165, 1.54) is 11.5 Å². The minimum absolute atomic E-state index is 0.0978. The second-order valence-corrected chi connectivity index (χ2v) is 6.36. The van der Waals surface area contributed by atoms with E-state index in [0.29, 0.717) is 23.3 Å². The van der Waals surface area contributed by atoms with Crippen molar-refractivity contribution in [1.29, 1.82) is 0 Å². The van der Waals surface area contributed by atoms with Gasteiger partial charge in [0.15, 0.2) is 5.82 Å². The van der Waals surface area contributed by atoms with Crippen LogP contribution in [0.25, 0.3) is 0 Å². The number of aliphatic hydroxyl groups excluding tert-OH is 1. The number of carbonyl (C=O) groups is 1. The van der Waals surface area contributed by atoms with Crippen molar-refractivity contribution >= 4 is 28.3 Å². The lowest BCUT2D eigenvalue weighted by Gasteiger charge is -2.17. The third kappa shape index (κ3) is 2.73. The van der Waals surface area contributed by atoms with Crippen molar-refractivity contribution in [2.24, 2.45) is 5.92 Å². The molecule has 1 aliphatic carbocycles. The molecule has 0 bridgehead atoms. The zero-order chi connectivity index (χ0) is 14.1. The van der Waals surface area contributed by atoms with E-state index in [-0.39, 0.29) is 12.5 Å². The first kappa shape index (κ1) is 13.6. The summed E-state index contributed by atoms with van der Waals surface area (Å²) in [5, 5.41) is 12.9. The maximum Gasteiger partial charge on any atom is 0.258 e. The molecule has 0 spiro atoms. The average molecular weight is 296 g/mol. The third-order valence-corrected chi connectivity index (χ3v) is 4.87. The summed E-state index contributed by atoms with van der Waals surface area (Å²) >= 11 is 1.30. The number of nitrogens with one attached hydrogen (secondary N) is 1. The quantitative estimate of drug-likeness (QED) is 0.748. The lowest BCUT2D eigenvalue weighted by Crippen LogP contribution is -2.28. The van der Waals surface area contributed by atoms with Gasteiger partial charge in [-0.05, 0) is 43.1 Å². The zero-order valence-electron chi connectivity index (χ0n) is 11.3. The van der Waals surface area contributed by atoms with Crippen molar-refractivity contribution in [3.05, 3.63) is 5.56 Å². The summed E-state index contributed by atoms with van der Waals surface area (Å²) in [5.74, 6) is 0.718. The topological polar surface area (TPSA) is 91.5 Å². The Morgan fingerprint density at radius 3 is 3.00 bits per heavy atom. The highest BCUT2D eigenvalue weighted by Crippen LogP contribution is 2.35. The number of rotatable bonds is 5. The molecule has 110 valence electrons. The molecule has 2 heterocycles. The van der Waals surface area contributed by atoms with Crippen LogP contribution in [0.1, 0.15) is 36.0 Å². The van der Waals surface area contributed by atoms with Crippen LogP contribution >= 0.6 is 11.5 Å². The molecular weight excluding hydrogens is 276 g/mol. The van der Waals surface area contributed by atoms with E-state index in [9.17, 15) is 4.79 Å². The van der Waals surface area contributed by atoms with Crippen molar-refractivity contribution in [2.75, 3.05) is 30.3 Å². The monoisotopic (exact) mass is 296 g/mol. The van der Waals surface area contributed by atoms with Crippen LogP contribution in [0, 0.1) is 5.92 Å². The van der Waals surface area contributed by atoms with Crippen molar-refractivity contribution < 1.29 is 9.90 Å². The molecule has 2 fully saturated rings. The first-order valence-corrected chi connectivity index (χ1v) is 7.88. The first-order chi connectivity index (χ1) is 9.69. The highest BCUT2D eigenvalue weighted by Gasteiger charge is 2.31. The summed E-state index contributed by atoms with van der Waals surface area (Å²) in [7, 11) is 0. The molecule has 1 saturated carbocycles. The van der Waals surface area contributed by atoms with E-state index in [0.717, 1.165) is 43.8 Å². The standard InChI is InChI=1S/C13H20N4O2S/c14-11-10(12(19)15-9-1-2-9)13(20-16-11)17-5-3-8(7-17)4-6-18/h8-9,18H,1-7H2,(H2,14,16)(H,15,19). The minimum Gasteiger partial charge on any atom is -0.396 e. The number of hydrogen-bond donors (Lipinski definition) is 3. The lowest BCUT2D eigenvalue weighted by molar-refractivity contribution is 0.0952. The molecule has 0 radical (unpaired) electrons. The Labute approximate surface area is 122 Å². The molecule has 1 saturated heterocycles. The number of nitrogen functional groups attached to an aromatic ring is 1. The summed E-state index contributed by atoms with van der Waals surface area (Å²) < 4.78 is 4.15. The Bertz CT molecular complexity index is 501. The summed E-state index contributed by atoms with van der Waals surface area (Å²) in [6.07, 6.45) is 3.97. The maximum absolute atomic E-state index is 12.3. The second-order valence-electron chi connectivity index (χ2n) is 5.61. The van der Waals surface area contributed by atoms with Gasteiger partial charge in [-0.3, -0.25) is 4.79 Å². The summed E-state index contributed by atoms with van der Waals surface area (Å²) in [4.78, 5) is 14.4. The summed E-state index contributed by atoms with van der Waals surface area (Å²) in [6, 6.07) is 0.315. The Morgan fingerprint density at radius 1 is 1.50 bits per heavy atom. The Morgan fingerprint density at radius 2 is 2.30 bits per heavy atom. The van der Waals surface area contributed by atoms with Crippen LogP contribution in [0.2, 0.25) is 0 Å². The van der Waals surface area contributed by atoms with Gasteiger partial charge in [-0.2, -0.15) is 4.37 Å². The van der Waals surface area contributed by atoms with Gasteiger partial charge in [-0.25, -0.2) is 0 Å². The van der Waals surface area contributed by atoms with Crippen LogP contribution < -0.4 is 16.0 Å². The smallest absolute Gasteiger partial charge is 0.258 e. The highest BCUT2D eigenvalue weighted by atomic mass is 32.1. The number of carbonyl (C=O) groups excluding carboxylic acids is 1. The molecule has 1 aromatic heterocycles. The van der Waals surface area contributed by atoms with Crippen LogP contribution in [0.4, 0.5) is 10.8 Å². The van der Waals surface area contributed by atoms with Gasteiger partial charge < -0.3 is 21.1 Å². The molecule has 2 aliphatic rings. The molecule has 0 aromatic carbocycles. The molecule has 1 amide bonds. The van der Waals surface area contributed by atoms with E-state index in [1.807, 2.05) is 0 Å². The average Bonchev–Trinajstić information content (AvgIpc) is 2.96. The number of amides is 1. The van der Waals surface area contributed by atoms with Gasteiger partial charge >= 0.3 is 0 Å². The van der Waals surface area contributed by atoms with Gasteiger partial charge in [0.2, 0.25) is 0 Å². The van der Waals surface area contributed by atoms with E-state index in [2.05, 4.69) is 14.6 Å². The molecule has 6 nitrogen and oxygen atoms in total. The van der Waals surface area contributed by atoms with Gasteiger partial charge in [-0.15, -0.1) is 0 Å². The Kier molecular flexibility index (Phi) is 3.80. The van der Waals surface area contributed by atoms with Gasteiger partial charge in [0.25, 0.3) is 5.91 Å². The summed E-state index contributed by atoms with van der Waals surface area (Å²) in [5.41, 5.74) is 6.41. The minimum atomic E-state index is -0.0978. The Hall–Kier alpha value is -1.34. The largest absolute Gasteiger partial charge is 0.396 e. The first-order valence-electron chi connectivity index (χ1n) is 7.11. The number of aromatic nitrogens is 1. The number of aliphatic hydroxyl groups is 1. The van der Waals surface area contributed by atoms with E-state index >= 15 is 0 Å². The van der Waals surface area contributed by atoms with Gasteiger partial charge in [0, 0.05) is 25.7 Å². The number of nitrogens with zero attached hydrogens (tertiary/aromatic N) is 2. The predicted molar refractivity (Wildman–Crippen MR) is 79.0 cm³/mol. The predicted octanol–water partition coefficient (Wildman–Crippen LogP) is 0.826. The van der Waals surface area contributed by atoms with Gasteiger partial charge in [-0.1, -0.05) is 0 Å². The number of anilines is 2. The van der Waals surface area contributed by atoms with E-state index < -0.39 is 0 Å². The van der Waals surface area contributed by atoms with E-state index in [1.54, 1.807) is 0 Å². The second kappa shape index (κ2) is 5.57. The van der Waals surface area contributed by atoms with Crippen molar-refractivity contribution in [1.82, 2.24) is 9.69 Å². The molecule has 3 rings (SSSR count). The van der Waals surface area contributed by atoms with Crippen LogP contribution in [-0.2, 0) is 0 Å². The molecule has 4 N–H and O–H groups in total. The van der Waals surface area contributed by atoms with E-state index in [4.69, 9.17) is 10.8 Å². The highest BCUT2D eigenvalue weighted by molar-refractivity contribution is 7.11. The SMILES string of the molecule is Nc1nsc(N2CCC(CCO)C2)c1C(=O)NC1CC1. The van der Waals surface area contributed by atoms with Gasteiger partial charge in [0.1, 0.15) is 10.6 Å². The Balaban J connectivity index is 1.74.